The highest BCUT2D eigenvalue weighted by Gasteiger charge is 2.26. The zero-order valence-electron chi connectivity index (χ0n) is 9.36. The molecule has 0 spiro atoms. The molecule has 0 aromatic carbocycles. The third-order valence-electron chi connectivity index (χ3n) is 2.55. The lowest BCUT2D eigenvalue weighted by Gasteiger charge is -2.26. The topological polar surface area (TPSA) is 35.2 Å². The van der Waals surface area contributed by atoms with Crippen molar-refractivity contribution in [2.75, 3.05) is 13.2 Å². The van der Waals surface area contributed by atoms with E-state index in [4.69, 9.17) is 10.5 Å². The van der Waals surface area contributed by atoms with Crippen LogP contribution < -0.4 is 5.73 Å². The average Bonchev–Trinajstić information content (AvgIpc) is 2.15. The van der Waals surface area contributed by atoms with Gasteiger partial charge in [0.05, 0.1) is 6.61 Å². The summed E-state index contributed by atoms with van der Waals surface area (Å²) in [5.74, 6) is 0. The van der Waals surface area contributed by atoms with Crippen molar-refractivity contribution in [2.24, 2.45) is 5.73 Å². The van der Waals surface area contributed by atoms with E-state index in [2.05, 4.69) is 0 Å². The molecule has 0 bridgehead atoms. The highest BCUT2D eigenvalue weighted by molar-refractivity contribution is 4.80. The lowest BCUT2D eigenvalue weighted by molar-refractivity contribution is -0.138. The standard InChI is InChI=1S/C10H20F3NO/c1-3-9(14,4-2)8-15-7-5-6-10(11,12)13/h3-8,14H2,1-2H3. The Morgan fingerprint density at radius 2 is 1.67 bits per heavy atom. The molecule has 15 heavy (non-hydrogen) atoms. The number of nitrogens with two attached hydrogens (primary N) is 1. The van der Waals surface area contributed by atoms with Crippen LogP contribution in [0, 0.1) is 0 Å². The molecule has 0 fully saturated rings. The first-order valence-electron chi connectivity index (χ1n) is 5.26. The Labute approximate surface area is 89.0 Å². The van der Waals surface area contributed by atoms with Crippen molar-refractivity contribution in [3.05, 3.63) is 0 Å². The molecule has 0 unspecified atom stereocenters. The summed E-state index contributed by atoms with van der Waals surface area (Å²) in [7, 11) is 0. The Hall–Kier alpha value is -0.290. The normalized spacial score (nSPS) is 13.2. The Kier molecular flexibility index (Phi) is 6.20. The first-order chi connectivity index (χ1) is 6.83. The van der Waals surface area contributed by atoms with Gasteiger partial charge in [-0.05, 0) is 19.3 Å². The summed E-state index contributed by atoms with van der Waals surface area (Å²) in [6.45, 7) is 4.35. The quantitative estimate of drug-likeness (QED) is 0.679. The number of hydrogen-bond acceptors (Lipinski definition) is 2. The van der Waals surface area contributed by atoms with Crippen molar-refractivity contribution in [1.29, 1.82) is 0 Å². The third-order valence-corrected chi connectivity index (χ3v) is 2.55. The van der Waals surface area contributed by atoms with Gasteiger partial charge < -0.3 is 10.5 Å². The monoisotopic (exact) mass is 227 g/mol. The summed E-state index contributed by atoms with van der Waals surface area (Å²) in [5.41, 5.74) is 5.53. The van der Waals surface area contributed by atoms with Crippen LogP contribution in [0.15, 0.2) is 0 Å². The fourth-order valence-electron chi connectivity index (χ4n) is 1.10. The minimum absolute atomic E-state index is 0.00695. The summed E-state index contributed by atoms with van der Waals surface area (Å²) >= 11 is 0. The maximum Gasteiger partial charge on any atom is 0.389 e. The number of hydrogen-bond donors (Lipinski definition) is 1. The van der Waals surface area contributed by atoms with Crippen LogP contribution in [-0.2, 0) is 4.74 Å². The van der Waals surface area contributed by atoms with Crippen LogP contribution in [0.2, 0.25) is 0 Å². The SMILES string of the molecule is CCC(N)(CC)COCCCC(F)(F)F. The first kappa shape index (κ1) is 14.7. The van der Waals surface area contributed by atoms with Crippen molar-refractivity contribution in [2.45, 2.75) is 51.2 Å². The van der Waals surface area contributed by atoms with E-state index in [1.54, 1.807) is 0 Å². The van der Waals surface area contributed by atoms with Gasteiger partial charge in [0.15, 0.2) is 0 Å². The Morgan fingerprint density at radius 3 is 2.07 bits per heavy atom. The molecule has 0 saturated carbocycles. The van der Waals surface area contributed by atoms with Crippen LogP contribution in [0.4, 0.5) is 13.2 Å². The van der Waals surface area contributed by atoms with Gasteiger partial charge >= 0.3 is 6.18 Å². The van der Waals surface area contributed by atoms with Gasteiger partial charge in [-0.25, -0.2) is 0 Å². The molecular weight excluding hydrogens is 207 g/mol. The fraction of sp³-hybridized carbons (Fsp3) is 1.00. The number of rotatable bonds is 7. The van der Waals surface area contributed by atoms with Gasteiger partial charge in [0, 0.05) is 18.6 Å². The van der Waals surface area contributed by atoms with Crippen LogP contribution in [-0.4, -0.2) is 24.9 Å². The molecular formula is C10H20F3NO. The summed E-state index contributed by atoms with van der Waals surface area (Å²) < 4.78 is 40.5. The van der Waals surface area contributed by atoms with Gasteiger partial charge in [0.25, 0.3) is 0 Å². The van der Waals surface area contributed by atoms with Crippen LogP contribution in [0.3, 0.4) is 0 Å². The minimum Gasteiger partial charge on any atom is -0.380 e. The molecule has 0 aliphatic carbocycles. The molecule has 0 aliphatic heterocycles. The van der Waals surface area contributed by atoms with Crippen LogP contribution in [0.5, 0.6) is 0 Å². The fourth-order valence-corrected chi connectivity index (χ4v) is 1.10. The zero-order chi connectivity index (χ0) is 11.9. The summed E-state index contributed by atoms with van der Waals surface area (Å²) in [4.78, 5) is 0. The van der Waals surface area contributed by atoms with Gasteiger partial charge in [0.2, 0.25) is 0 Å². The molecule has 0 aromatic rings. The minimum atomic E-state index is -4.08. The summed E-state index contributed by atoms with van der Waals surface area (Å²) in [5, 5.41) is 0. The van der Waals surface area contributed by atoms with Gasteiger partial charge in [-0.3, -0.25) is 0 Å². The summed E-state index contributed by atoms with van der Waals surface area (Å²) in [6, 6.07) is 0. The van der Waals surface area contributed by atoms with Gasteiger partial charge in [-0.15, -0.1) is 0 Å². The Balaban J connectivity index is 3.54. The van der Waals surface area contributed by atoms with E-state index in [1.807, 2.05) is 13.8 Å². The van der Waals surface area contributed by atoms with E-state index in [1.165, 1.54) is 0 Å². The largest absolute Gasteiger partial charge is 0.389 e. The zero-order valence-corrected chi connectivity index (χ0v) is 9.36. The Bertz CT molecular complexity index is 167. The van der Waals surface area contributed by atoms with Crippen molar-refractivity contribution >= 4 is 0 Å². The molecule has 0 aromatic heterocycles. The van der Waals surface area contributed by atoms with Crippen molar-refractivity contribution in [3.8, 4) is 0 Å². The van der Waals surface area contributed by atoms with E-state index < -0.39 is 18.1 Å². The highest BCUT2D eigenvalue weighted by Crippen LogP contribution is 2.21. The molecule has 2 nitrogen and oxygen atoms in total. The predicted octanol–water partition coefficient (Wildman–Crippen LogP) is 2.86. The van der Waals surface area contributed by atoms with Crippen molar-refractivity contribution in [3.63, 3.8) is 0 Å². The van der Waals surface area contributed by atoms with E-state index >= 15 is 0 Å². The molecule has 0 rings (SSSR count). The van der Waals surface area contributed by atoms with Gasteiger partial charge in [-0.2, -0.15) is 13.2 Å². The molecule has 0 aliphatic rings. The maximum absolute atomic E-state index is 11.8. The molecule has 92 valence electrons. The van der Waals surface area contributed by atoms with Crippen LogP contribution in [0.1, 0.15) is 39.5 Å². The molecule has 0 radical (unpaired) electrons. The van der Waals surface area contributed by atoms with Crippen molar-refractivity contribution < 1.29 is 17.9 Å². The molecule has 2 N–H and O–H groups in total. The van der Waals surface area contributed by atoms with Gasteiger partial charge in [-0.1, -0.05) is 13.8 Å². The maximum atomic E-state index is 11.8. The van der Waals surface area contributed by atoms with E-state index in [0.717, 1.165) is 12.8 Å². The average molecular weight is 227 g/mol. The van der Waals surface area contributed by atoms with Gasteiger partial charge in [0.1, 0.15) is 0 Å². The predicted molar refractivity (Wildman–Crippen MR) is 53.6 cm³/mol. The van der Waals surface area contributed by atoms with E-state index in [9.17, 15) is 13.2 Å². The van der Waals surface area contributed by atoms with E-state index in [0.29, 0.717) is 6.61 Å². The first-order valence-corrected chi connectivity index (χ1v) is 5.26. The lowest BCUT2D eigenvalue weighted by Crippen LogP contribution is -2.43. The number of halogens is 3. The molecule has 5 heteroatoms. The molecule has 0 atom stereocenters. The second-order valence-electron chi connectivity index (χ2n) is 3.84. The van der Waals surface area contributed by atoms with Crippen LogP contribution >= 0.6 is 0 Å². The smallest absolute Gasteiger partial charge is 0.380 e. The lowest BCUT2D eigenvalue weighted by atomic mass is 9.96. The molecule has 0 amide bonds. The Morgan fingerprint density at radius 1 is 1.13 bits per heavy atom. The molecule has 0 saturated heterocycles. The second kappa shape index (κ2) is 6.33. The number of ether oxygens (including phenoxy) is 1. The highest BCUT2D eigenvalue weighted by atomic mass is 19.4. The number of alkyl halides is 3. The van der Waals surface area contributed by atoms with Crippen molar-refractivity contribution in [1.82, 2.24) is 0 Å². The van der Waals surface area contributed by atoms with Crippen LogP contribution in [0.25, 0.3) is 0 Å². The van der Waals surface area contributed by atoms with E-state index in [-0.39, 0.29) is 13.0 Å². The second-order valence-corrected chi connectivity index (χ2v) is 3.84. The summed E-state index contributed by atoms with van der Waals surface area (Å²) in [6.07, 6.45) is -3.33. The third kappa shape index (κ3) is 7.62. The molecule has 0 heterocycles.